The van der Waals surface area contributed by atoms with Gasteiger partial charge in [0, 0.05) is 6.54 Å². The Hall–Kier alpha value is -1.42. The third kappa shape index (κ3) is 2.25. The molecule has 3 nitrogen and oxygen atoms in total. The van der Waals surface area contributed by atoms with Crippen molar-refractivity contribution < 1.29 is 9.18 Å². The summed E-state index contributed by atoms with van der Waals surface area (Å²) in [7, 11) is 0. The molecular formula is C14H19FN2O. The van der Waals surface area contributed by atoms with Gasteiger partial charge in [-0.3, -0.25) is 4.79 Å². The van der Waals surface area contributed by atoms with E-state index in [9.17, 15) is 9.18 Å². The highest BCUT2D eigenvalue weighted by Gasteiger charge is 2.43. The average Bonchev–Trinajstić information content (AvgIpc) is 2.82. The van der Waals surface area contributed by atoms with E-state index in [2.05, 4.69) is 10.6 Å². The van der Waals surface area contributed by atoms with Gasteiger partial charge < -0.3 is 10.6 Å². The average molecular weight is 250 g/mol. The molecule has 2 N–H and O–H groups in total. The van der Waals surface area contributed by atoms with Gasteiger partial charge in [0.15, 0.2) is 0 Å². The Morgan fingerprint density at radius 3 is 2.72 bits per heavy atom. The van der Waals surface area contributed by atoms with Crippen molar-refractivity contribution in [3.8, 4) is 0 Å². The Balaban J connectivity index is 2.19. The molecule has 0 saturated carbocycles. The van der Waals surface area contributed by atoms with Gasteiger partial charge in [-0.05, 0) is 31.0 Å². The highest BCUT2D eigenvalue weighted by Crippen LogP contribution is 2.35. The van der Waals surface area contributed by atoms with Gasteiger partial charge in [0.25, 0.3) is 0 Å². The van der Waals surface area contributed by atoms with Crippen LogP contribution in [0.3, 0.4) is 0 Å². The lowest BCUT2D eigenvalue weighted by atomic mass is 9.75. The van der Waals surface area contributed by atoms with Crippen molar-refractivity contribution >= 4 is 11.6 Å². The Morgan fingerprint density at radius 1 is 1.44 bits per heavy atom. The minimum absolute atomic E-state index is 0.0902. The fourth-order valence-electron chi connectivity index (χ4n) is 2.47. The second kappa shape index (κ2) is 5.06. The summed E-state index contributed by atoms with van der Waals surface area (Å²) < 4.78 is 13.5. The number of anilines is 1. The number of nitrogens with one attached hydrogen (secondary N) is 2. The fourth-order valence-corrected chi connectivity index (χ4v) is 2.47. The molecule has 1 heterocycles. The number of para-hydroxylation sites is 1. The predicted molar refractivity (Wildman–Crippen MR) is 69.8 cm³/mol. The fraction of sp³-hybridized carbons (Fsp3) is 0.500. The van der Waals surface area contributed by atoms with Crippen LogP contribution >= 0.6 is 0 Å². The Labute approximate surface area is 107 Å². The van der Waals surface area contributed by atoms with Crippen molar-refractivity contribution in [1.29, 1.82) is 0 Å². The summed E-state index contributed by atoms with van der Waals surface area (Å²) in [5.74, 6) is -0.261. The van der Waals surface area contributed by atoms with E-state index in [-0.39, 0.29) is 17.5 Å². The molecule has 4 heteroatoms. The number of hydrogen-bond donors (Lipinski definition) is 2. The summed E-state index contributed by atoms with van der Waals surface area (Å²) in [5.41, 5.74) is -0.170. The molecule has 1 aliphatic heterocycles. The van der Waals surface area contributed by atoms with Crippen molar-refractivity contribution in [2.24, 2.45) is 11.3 Å². The first-order valence-electron chi connectivity index (χ1n) is 6.33. The summed E-state index contributed by atoms with van der Waals surface area (Å²) in [4.78, 5) is 12.4. The number of amides is 1. The Kier molecular flexibility index (Phi) is 3.66. The first kappa shape index (κ1) is 13.0. The topological polar surface area (TPSA) is 41.1 Å². The molecular weight excluding hydrogens is 231 g/mol. The van der Waals surface area contributed by atoms with Crippen LogP contribution in [0.5, 0.6) is 0 Å². The van der Waals surface area contributed by atoms with Crippen LogP contribution in [-0.2, 0) is 4.79 Å². The Bertz CT molecular complexity index is 439. The van der Waals surface area contributed by atoms with Crippen LogP contribution < -0.4 is 10.6 Å². The van der Waals surface area contributed by atoms with Crippen molar-refractivity contribution in [3.63, 3.8) is 0 Å². The van der Waals surface area contributed by atoms with Crippen LogP contribution in [0, 0.1) is 17.2 Å². The third-order valence-corrected chi connectivity index (χ3v) is 3.87. The van der Waals surface area contributed by atoms with Gasteiger partial charge in [0.1, 0.15) is 5.82 Å². The predicted octanol–water partition coefficient (Wildman–Crippen LogP) is 2.40. The maximum Gasteiger partial charge on any atom is 0.232 e. The first-order chi connectivity index (χ1) is 8.56. The molecule has 1 saturated heterocycles. The SMILES string of the molecule is CC(C)C1(C(=O)Nc2ccccc2F)CCNC1. The van der Waals surface area contributed by atoms with E-state index in [1.54, 1.807) is 18.2 Å². The number of rotatable bonds is 3. The van der Waals surface area contributed by atoms with E-state index >= 15 is 0 Å². The second-order valence-electron chi connectivity index (χ2n) is 5.17. The first-order valence-corrected chi connectivity index (χ1v) is 6.33. The smallest absolute Gasteiger partial charge is 0.232 e. The van der Waals surface area contributed by atoms with Gasteiger partial charge in [0.2, 0.25) is 5.91 Å². The zero-order valence-electron chi connectivity index (χ0n) is 10.8. The normalized spacial score (nSPS) is 23.3. The van der Waals surface area contributed by atoms with Crippen LogP contribution in [0.4, 0.5) is 10.1 Å². The summed E-state index contributed by atoms with van der Waals surface area (Å²) in [6.45, 7) is 5.57. The molecule has 0 radical (unpaired) electrons. The molecule has 0 spiro atoms. The number of halogens is 1. The van der Waals surface area contributed by atoms with Crippen molar-refractivity contribution in [2.75, 3.05) is 18.4 Å². The van der Waals surface area contributed by atoms with Crippen LogP contribution in [0.15, 0.2) is 24.3 Å². The summed E-state index contributed by atoms with van der Waals surface area (Å²) >= 11 is 0. The molecule has 98 valence electrons. The van der Waals surface area contributed by atoms with Crippen molar-refractivity contribution in [3.05, 3.63) is 30.1 Å². The number of carbonyl (C=O) groups is 1. The van der Waals surface area contributed by atoms with E-state index in [4.69, 9.17) is 0 Å². The van der Waals surface area contributed by atoms with Gasteiger partial charge in [0.05, 0.1) is 11.1 Å². The molecule has 1 fully saturated rings. The van der Waals surface area contributed by atoms with E-state index in [0.717, 1.165) is 13.0 Å². The van der Waals surface area contributed by atoms with Crippen LogP contribution in [-0.4, -0.2) is 19.0 Å². The zero-order valence-corrected chi connectivity index (χ0v) is 10.8. The number of benzene rings is 1. The lowest BCUT2D eigenvalue weighted by Crippen LogP contribution is -2.42. The van der Waals surface area contributed by atoms with Crippen LogP contribution in [0.25, 0.3) is 0 Å². The van der Waals surface area contributed by atoms with Gasteiger partial charge in [-0.15, -0.1) is 0 Å². The lowest BCUT2D eigenvalue weighted by Gasteiger charge is -2.31. The summed E-state index contributed by atoms with van der Waals surface area (Å²) in [5, 5.41) is 5.94. The molecule has 1 amide bonds. The molecule has 1 aliphatic rings. The molecule has 0 aliphatic carbocycles. The number of carbonyl (C=O) groups excluding carboxylic acids is 1. The van der Waals surface area contributed by atoms with Gasteiger partial charge in [-0.1, -0.05) is 26.0 Å². The van der Waals surface area contributed by atoms with Gasteiger partial charge in [-0.25, -0.2) is 4.39 Å². The van der Waals surface area contributed by atoms with Crippen molar-refractivity contribution in [1.82, 2.24) is 5.32 Å². The highest BCUT2D eigenvalue weighted by atomic mass is 19.1. The highest BCUT2D eigenvalue weighted by molar-refractivity contribution is 5.96. The van der Waals surface area contributed by atoms with Gasteiger partial charge >= 0.3 is 0 Å². The van der Waals surface area contributed by atoms with E-state index in [0.29, 0.717) is 6.54 Å². The van der Waals surface area contributed by atoms with Gasteiger partial charge in [-0.2, -0.15) is 0 Å². The van der Waals surface area contributed by atoms with Crippen LogP contribution in [0.2, 0.25) is 0 Å². The van der Waals surface area contributed by atoms with E-state index < -0.39 is 11.2 Å². The molecule has 18 heavy (non-hydrogen) atoms. The zero-order chi connectivity index (χ0) is 13.2. The van der Waals surface area contributed by atoms with E-state index in [1.807, 2.05) is 13.8 Å². The summed E-state index contributed by atoms with van der Waals surface area (Å²) in [6.07, 6.45) is 0.797. The maximum atomic E-state index is 13.5. The number of hydrogen-bond acceptors (Lipinski definition) is 2. The third-order valence-electron chi connectivity index (χ3n) is 3.87. The minimum atomic E-state index is -0.428. The molecule has 1 atom stereocenters. The molecule has 0 bridgehead atoms. The second-order valence-corrected chi connectivity index (χ2v) is 5.17. The molecule has 1 unspecified atom stereocenters. The quantitative estimate of drug-likeness (QED) is 0.865. The molecule has 2 rings (SSSR count). The molecule has 1 aromatic rings. The van der Waals surface area contributed by atoms with E-state index in [1.165, 1.54) is 6.07 Å². The largest absolute Gasteiger partial charge is 0.323 e. The molecule has 1 aromatic carbocycles. The monoisotopic (exact) mass is 250 g/mol. The Morgan fingerprint density at radius 2 is 2.17 bits per heavy atom. The standard InChI is InChI=1S/C14H19FN2O/c1-10(2)14(7-8-16-9-14)13(18)17-12-6-4-3-5-11(12)15/h3-6,10,16H,7-9H2,1-2H3,(H,17,18). The maximum absolute atomic E-state index is 13.5. The minimum Gasteiger partial charge on any atom is -0.323 e. The lowest BCUT2D eigenvalue weighted by molar-refractivity contribution is -0.126. The van der Waals surface area contributed by atoms with Crippen LogP contribution in [0.1, 0.15) is 20.3 Å². The molecule has 0 aromatic heterocycles. The summed E-state index contributed by atoms with van der Waals surface area (Å²) in [6, 6.07) is 6.27. The van der Waals surface area contributed by atoms with Crippen molar-refractivity contribution in [2.45, 2.75) is 20.3 Å².